The second kappa shape index (κ2) is 50.0. The standard InChI is InChI=1S/C53H96O21/c1-52(2,3)47-8-9-49(48(46-47)53(4,5)6)74-51(55)11-10-50(54)73-45-44-72-43-42-71-41-40-70-39-38-69-37-36-68-35-34-67-33-32-66-31-30-65-29-28-64-27-26-63-25-24-62-23-22-61-21-20-60-19-18-59-17-16-58-15-14-57-13-12-56-7/h8-9,46H,10-45H2,1-7H3. The van der Waals surface area contributed by atoms with Crippen molar-refractivity contribution in [3.63, 3.8) is 0 Å². The van der Waals surface area contributed by atoms with E-state index in [4.69, 9.17) is 90.0 Å². The summed E-state index contributed by atoms with van der Waals surface area (Å²) in [6.45, 7) is 28.4. The van der Waals surface area contributed by atoms with Crippen molar-refractivity contribution in [2.45, 2.75) is 65.2 Å². The topological polar surface area (TPSA) is 210 Å². The fourth-order valence-electron chi connectivity index (χ4n) is 5.88. The summed E-state index contributed by atoms with van der Waals surface area (Å²) >= 11 is 0. The maximum absolute atomic E-state index is 12.5. The minimum atomic E-state index is -0.485. The first-order chi connectivity index (χ1) is 35.9. The van der Waals surface area contributed by atoms with E-state index >= 15 is 0 Å². The summed E-state index contributed by atoms with van der Waals surface area (Å²) in [5.74, 6) is -0.450. The Labute approximate surface area is 442 Å². The van der Waals surface area contributed by atoms with Crippen LogP contribution in [0.15, 0.2) is 18.2 Å². The molecule has 0 aromatic heterocycles. The van der Waals surface area contributed by atoms with Crippen molar-refractivity contribution in [3.8, 4) is 5.75 Å². The quantitative estimate of drug-likeness (QED) is 0.0502. The lowest BCUT2D eigenvalue weighted by Gasteiger charge is -2.26. The van der Waals surface area contributed by atoms with Gasteiger partial charge in [-0.1, -0.05) is 53.7 Å². The molecule has 0 spiro atoms. The largest absolute Gasteiger partial charge is 0.463 e. The summed E-state index contributed by atoms with van der Waals surface area (Å²) < 4.78 is 103. The molecular formula is C53H96O21. The van der Waals surface area contributed by atoms with Gasteiger partial charge in [0.1, 0.15) is 12.4 Å². The van der Waals surface area contributed by atoms with Gasteiger partial charge in [0.05, 0.1) is 231 Å². The van der Waals surface area contributed by atoms with Crippen LogP contribution in [0.2, 0.25) is 0 Å². The zero-order valence-electron chi connectivity index (χ0n) is 46.3. The molecule has 0 aliphatic heterocycles. The van der Waals surface area contributed by atoms with E-state index in [1.54, 1.807) is 7.11 Å². The number of esters is 2. The highest BCUT2D eigenvalue weighted by molar-refractivity contribution is 5.79. The number of hydrogen-bond acceptors (Lipinski definition) is 21. The molecular weight excluding hydrogens is 973 g/mol. The Morgan fingerprint density at radius 1 is 0.324 bits per heavy atom. The van der Waals surface area contributed by atoms with Gasteiger partial charge >= 0.3 is 11.9 Å². The summed E-state index contributed by atoms with van der Waals surface area (Å²) in [6, 6.07) is 5.90. The molecule has 0 aliphatic carbocycles. The number of carbonyl (C=O) groups excluding carboxylic acids is 2. The van der Waals surface area contributed by atoms with Gasteiger partial charge in [0, 0.05) is 12.7 Å². The van der Waals surface area contributed by atoms with E-state index in [9.17, 15) is 9.59 Å². The van der Waals surface area contributed by atoms with E-state index in [2.05, 4.69) is 47.6 Å². The van der Waals surface area contributed by atoms with Crippen LogP contribution in [0.4, 0.5) is 0 Å². The van der Waals surface area contributed by atoms with Gasteiger partial charge in [-0.3, -0.25) is 9.59 Å². The zero-order valence-corrected chi connectivity index (χ0v) is 46.3. The van der Waals surface area contributed by atoms with Gasteiger partial charge < -0.3 is 90.0 Å². The van der Waals surface area contributed by atoms with E-state index in [1.807, 2.05) is 12.1 Å². The van der Waals surface area contributed by atoms with Crippen LogP contribution in [0.25, 0.3) is 0 Å². The Balaban J connectivity index is 1.71. The van der Waals surface area contributed by atoms with Crippen LogP contribution in [-0.2, 0) is 106 Å². The maximum atomic E-state index is 12.5. The van der Waals surface area contributed by atoms with E-state index in [0.717, 1.165) is 11.1 Å². The Hall–Kier alpha value is -2.52. The van der Waals surface area contributed by atoms with Gasteiger partial charge in [0.25, 0.3) is 0 Å². The Morgan fingerprint density at radius 3 is 0.811 bits per heavy atom. The van der Waals surface area contributed by atoms with Gasteiger partial charge in [-0.2, -0.15) is 0 Å². The minimum Gasteiger partial charge on any atom is -0.463 e. The van der Waals surface area contributed by atoms with E-state index < -0.39 is 11.9 Å². The van der Waals surface area contributed by atoms with E-state index in [-0.39, 0.29) is 36.9 Å². The van der Waals surface area contributed by atoms with Gasteiger partial charge in [-0.15, -0.1) is 0 Å². The zero-order chi connectivity index (χ0) is 53.9. The molecule has 74 heavy (non-hydrogen) atoms. The lowest BCUT2D eigenvalue weighted by atomic mass is 9.80. The predicted octanol–water partition coefficient (Wildman–Crippen LogP) is 4.42. The lowest BCUT2D eigenvalue weighted by Crippen LogP contribution is -2.20. The number of hydrogen-bond donors (Lipinski definition) is 0. The van der Waals surface area contributed by atoms with Gasteiger partial charge in [0.15, 0.2) is 0 Å². The van der Waals surface area contributed by atoms with Crippen molar-refractivity contribution < 1.29 is 99.6 Å². The van der Waals surface area contributed by atoms with Crippen molar-refractivity contribution in [1.82, 2.24) is 0 Å². The summed E-state index contributed by atoms with van der Waals surface area (Å²) in [5, 5.41) is 0. The van der Waals surface area contributed by atoms with Crippen molar-refractivity contribution in [1.29, 1.82) is 0 Å². The van der Waals surface area contributed by atoms with Crippen molar-refractivity contribution in [2.75, 3.05) is 232 Å². The third kappa shape index (κ3) is 45.7. The molecule has 0 unspecified atom stereocenters. The normalized spacial score (nSPS) is 12.0. The first-order valence-electron chi connectivity index (χ1n) is 26.2. The molecule has 1 rings (SSSR count). The SMILES string of the molecule is COCCOCCOCCOCCOCCOCCOCCOCCOCCOCCOCCOCCOCCOCCOCCOCCOCCOC(=O)CCC(=O)Oc1ccc(C(C)(C)C)cc1C(C)(C)C. The monoisotopic (exact) mass is 1070 g/mol. The van der Waals surface area contributed by atoms with Crippen LogP contribution in [-0.4, -0.2) is 244 Å². The number of methoxy groups -OCH3 is 1. The van der Waals surface area contributed by atoms with Crippen molar-refractivity contribution in [3.05, 3.63) is 29.3 Å². The lowest BCUT2D eigenvalue weighted by molar-refractivity contribution is -0.148. The first kappa shape index (κ1) is 69.5. The van der Waals surface area contributed by atoms with Gasteiger partial charge in [-0.05, 0) is 22.5 Å². The highest BCUT2D eigenvalue weighted by Gasteiger charge is 2.24. The Morgan fingerprint density at radius 2 is 0.568 bits per heavy atom. The number of benzene rings is 1. The molecule has 1 aromatic rings. The number of ether oxygens (including phenoxy) is 19. The summed E-state index contributed by atoms with van der Waals surface area (Å²) in [4.78, 5) is 24.7. The Kier molecular flexibility index (Phi) is 47.0. The smallest absolute Gasteiger partial charge is 0.311 e. The molecule has 0 amide bonds. The average molecular weight is 1070 g/mol. The fraction of sp³-hybridized carbons (Fsp3) is 0.849. The third-order valence-electron chi connectivity index (χ3n) is 9.91. The van der Waals surface area contributed by atoms with Crippen LogP contribution in [0.1, 0.15) is 65.5 Å². The second-order valence-corrected chi connectivity index (χ2v) is 18.2. The van der Waals surface area contributed by atoms with Crippen LogP contribution in [0.3, 0.4) is 0 Å². The highest BCUT2D eigenvalue weighted by Crippen LogP contribution is 2.35. The average Bonchev–Trinajstić information content (AvgIpc) is 3.36. The summed E-state index contributed by atoms with van der Waals surface area (Å²) in [6.07, 6.45) is -0.148. The summed E-state index contributed by atoms with van der Waals surface area (Å²) in [5.41, 5.74) is 1.85. The molecule has 0 heterocycles. The second-order valence-electron chi connectivity index (χ2n) is 18.2. The molecule has 0 N–H and O–H groups in total. The third-order valence-corrected chi connectivity index (χ3v) is 9.91. The molecule has 0 bridgehead atoms. The van der Waals surface area contributed by atoms with Crippen LogP contribution in [0.5, 0.6) is 5.75 Å². The van der Waals surface area contributed by atoms with E-state index in [1.165, 1.54) is 0 Å². The Bertz CT molecular complexity index is 1410. The van der Waals surface area contributed by atoms with Crippen LogP contribution < -0.4 is 4.74 Å². The molecule has 21 nitrogen and oxygen atoms in total. The molecule has 0 aliphatic rings. The number of carbonyl (C=O) groups is 2. The molecule has 21 heteroatoms. The molecule has 0 radical (unpaired) electrons. The minimum absolute atomic E-state index is 0.0340. The van der Waals surface area contributed by atoms with Gasteiger partial charge in [0.2, 0.25) is 0 Å². The van der Waals surface area contributed by atoms with Crippen molar-refractivity contribution >= 4 is 11.9 Å². The van der Waals surface area contributed by atoms with Crippen LogP contribution >= 0.6 is 0 Å². The van der Waals surface area contributed by atoms with E-state index in [0.29, 0.717) is 217 Å². The predicted molar refractivity (Wildman–Crippen MR) is 275 cm³/mol. The van der Waals surface area contributed by atoms with Crippen LogP contribution in [0, 0.1) is 0 Å². The number of rotatable bonds is 55. The highest BCUT2D eigenvalue weighted by atomic mass is 16.6. The molecule has 0 saturated carbocycles. The summed E-state index contributed by atoms with van der Waals surface area (Å²) in [7, 11) is 1.64. The maximum Gasteiger partial charge on any atom is 0.311 e. The molecule has 1 aromatic carbocycles. The molecule has 0 atom stereocenters. The first-order valence-corrected chi connectivity index (χ1v) is 26.2. The molecule has 0 saturated heterocycles. The molecule has 434 valence electrons. The van der Waals surface area contributed by atoms with Crippen molar-refractivity contribution in [2.24, 2.45) is 0 Å². The fourth-order valence-corrected chi connectivity index (χ4v) is 5.88. The van der Waals surface area contributed by atoms with Gasteiger partial charge in [-0.25, -0.2) is 0 Å². The molecule has 0 fully saturated rings.